The highest BCUT2D eigenvalue weighted by Gasteiger charge is 2.01. The maximum Gasteiger partial charge on any atom is 0.0630 e. The minimum atomic E-state index is 0.840. The summed E-state index contributed by atoms with van der Waals surface area (Å²) in [5.74, 6) is 0. The Kier molecular flexibility index (Phi) is 9.88. The van der Waals surface area contributed by atoms with Gasteiger partial charge >= 0.3 is 0 Å². The first-order valence-electron chi connectivity index (χ1n) is 10.6. The largest absolute Gasteiger partial charge is 0.381 e. The van der Waals surface area contributed by atoms with Crippen LogP contribution in [0.2, 0.25) is 0 Å². The molecule has 2 nitrogen and oxygen atoms in total. The van der Waals surface area contributed by atoms with Crippen molar-refractivity contribution in [1.82, 2.24) is 0 Å². The van der Waals surface area contributed by atoms with Crippen molar-refractivity contribution in [3.05, 3.63) is 109 Å². The smallest absolute Gasteiger partial charge is 0.0630 e. The standard InChI is InChI=1S/C26H26N2.C2H6/c1-3-4-8-21(2)19-27-25-15-11-23(12-16-25)24-13-17-26(18-14-24)28-20-22-9-6-5-7-10-22;1-2/h3-6,8-9,11-19,28H,1-2,7,10,20H2;1-2H3/b8-4-,27-19?;. The van der Waals surface area contributed by atoms with Crippen molar-refractivity contribution in [2.45, 2.75) is 26.7 Å². The highest BCUT2D eigenvalue weighted by molar-refractivity contribution is 5.83. The van der Waals surface area contributed by atoms with Crippen LogP contribution in [0.5, 0.6) is 0 Å². The average Bonchev–Trinajstić information content (AvgIpc) is 2.83. The summed E-state index contributed by atoms with van der Waals surface area (Å²) in [6.07, 6.45) is 16.1. The Morgan fingerprint density at radius 2 is 1.70 bits per heavy atom. The van der Waals surface area contributed by atoms with Crippen LogP contribution in [0.3, 0.4) is 0 Å². The lowest BCUT2D eigenvalue weighted by atomic mass is 10.0. The number of benzene rings is 2. The van der Waals surface area contributed by atoms with E-state index in [1.165, 1.54) is 16.7 Å². The zero-order valence-corrected chi connectivity index (χ0v) is 18.1. The molecule has 0 unspecified atom stereocenters. The first-order valence-corrected chi connectivity index (χ1v) is 10.6. The van der Waals surface area contributed by atoms with Crippen LogP contribution in [0, 0.1) is 0 Å². The Hall–Kier alpha value is -3.39. The van der Waals surface area contributed by atoms with Gasteiger partial charge in [-0.25, -0.2) is 0 Å². The molecule has 0 spiro atoms. The molecule has 0 fully saturated rings. The van der Waals surface area contributed by atoms with Gasteiger partial charge in [-0.05, 0) is 53.8 Å². The number of allylic oxidation sites excluding steroid dienone is 7. The summed E-state index contributed by atoms with van der Waals surface area (Å²) < 4.78 is 0. The van der Waals surface area contributed by atoms with Crippen molar-refractivity contribution >= 4 is 17.6 Å². The number of aliphatic imine (C=N–C) groups is 1. The molecule has 0 aromatic heterocycles. The Morgan fingerprint density at radius 3 is 2.30 bits per heavy atom. The predicted octanol–water partition coefficient (Wildman–Crippen LogP) is 8.07. The SMILES string of the molecule is C=C/C=C\C(=C)C=Nc1ccc(-c2ccc(NCC3=CC=CCC3)cc2)cc1.CC. The van der Waals surface area contributed by atoms with E-state index in [0.29, 0.717) is 0 Å². The molecule has 1 N–H and O–H groups in total. The number of nitrogens with zero attached hydrogens (tertiary/aromatic N) is 1. The Labute approximate surface area is 181 Å². The topological polar surface area (TPSA) is 24.4 Å². The van der Waals surface area contributed by atoms with Crippen molar-refractivity contribution < 1.29 is 0 Å². The Balaban J connectivity index is 0.00000155. The van der Waals surface area contributed by atoms with Crippen molar-refractivity contribution in [3.8, 4) is 11.1 Å². The lowest BCUT2D eigenvalue weighted by molar-refractivity contribution is 0.933. The molecule has 2 heteroatoms. The molecule has 3 rings (SSSR count). The molecule has 1 aliphatic rings. The maximum atomic E-state index is 4.45. The molecule has 0 atom stereocenters. The van der Waals surface area contributed by atoms with E-state index in [2.05, 4.69) is 78.1 Å². The number of hydrogen-bond donors (Lipinski definition) is 1. The second-order valence-electron chi connectivity index (χ2n) is 6.70. The van der Waals surface area contributed by atoms with Crippen LogP contribution in [-0.2, 0) is 0 Å². The van der Waals surface area contributed by atoms with E-state index in [0.717, 1.165) is 36.3 Å². The van der Waals surface area contributed by atoms with Crippen molar-refractivity contribution in [2.75, 3.05) is 11.9 Å². The summed E-state index contributed by atoms with van der Waals surface area (Å²) in [7, 11) is 0. The molecule has 0 bridgehead atoms. The lowest BCUT2D eigenvalue weighted by Gasteiger charge is -2.12. The van der Waals surface area contributed by atoms with E-state index in [4.69, 9.17) is 0 Å². The fourth-order valence-electron chi connectivity index (χ4n) is 2.93. The number of nitrogens with one attached hydrogen (secondary N) is 1. The van der Waals surface area contributed by atoms with Crippen LogP contribution >= 0.6 is 0 Å². The molecule has 0 saturated heterocycles. The van der Waals surface area contributed by atoms with Crippen LogP contribution < -0.4 is 5.32 Å². The fraction of sp³-hybridized carbons (Fsp3) is 0.179. The highest BCUT2D eigenvalue weighted by Crippen LogP contribution is 2.24. The van der Waals surface area contributed by atoms with Gasteiger partial charge in [-0.3, -0.25) is 4.99 Å². The Morgan fingerprint density at radius 1 is 1.03 bits per heavy atom. The lowest BCUT2D eigenvalue weighted by Crippen LogP contribution is -2.05. The molecule has 2 aromatic carbocycles. The Bertz CT molecular complexity index is 924. The molecule has 1 aliphatic carbocycles. The van der Waals surface area contributed by atoms with Crippen LogP contribution in [0.4, 0.5) is 11.4 Å². The van der Waals surface area contributed by atoms with Crippen LogP contribution in [0.1, 0.15) is 26.7 Å². The molecule has 0 aliphatic heterocycles. The number of rotatable bonds is 8. The van der Waals surface area contributed by atoms with Gasteiger partial charge in [0.2, 0.25) is 0 Å². The molecule has 0 saturated carbocycles. The van der Waals surface area contributed by atoms with Gasteiger partial charge < -0.3 is 5.32 Å². The third-order valence-electron chi connectivity index (χ3n) is 4.53. The third-order valence-corrected chi connectivity index (χ3v) is 4.53. The predicted molar refractivity (Wildman–Crippen MR) is 135 cm³/mol. The molecule has 154 valence electrons. The molecule has 30 heavy (non-hydrogen) atoms. The van der Waals surface area contributed by atoms with Crippen LogP contribution in [0.25, 0.3) is 11.1 Å². The summed E-state index contributed by atoms with van der Waals surface area (Å²) in [6, 6.07) is 16.8. The molecular weight excluding hydrogens is 364 g/mol. The number of anilines is 1. The first-order chi connectivity index (χ1) is 14.7. The summed E-state index contributed by atoms with van der Waals surface area (Å²) in [4.78, 5) is 4.45. The maximum absolute atomic E-state index is 4.45. The summed E-state index contributed by atoms with van der Waals surface area (Å²) in [5, 5.41) is 3.50. The quantitative estimate of drug-likeness (QED) is 0.354. The van der Waals surface area contributed by atoms with E-state index in [9.17, 15) is 0 Å². The fourth-order valence-corrected chi connectivity index (χ4v) is 2.93. The highest BCUT2D eigenvalue weighted by atomic mass is 14.9. The van der Waals surface area contributed by atoms with E-state index >= 15 is 0 Å². The van der Waals surface area contributed by atoms with E-state index < -0.39 is 0 Å². The minimum absolute atomic E-state index is 0.840. The van der Waals surface area contributed by atoms with Gasteiger partial charge in [0.15, 0.2) is 0 Å². The van der Waals surface area contributed by atoms with E-state index in [-0.39, 0.29) is 0 Å². The molecule has 0 radical (unpaired) electrons. The van der Waals surface area contributed by atoms with E-state index in [1.807, 2.05) is 38.1 Å². The second kappa shape index (κ2) is 12.9. The van der Waals surface area contributed by atoms with Crippen molar-refractivity contribution in [1.29, 1.82) is 0 Å². The molecular formula is C28H32N2. The zero-order valence-electron chi connectivity index (χ0n) is 18.1. The van der Waals surface area contributed by atoms with Crippen molar-refractivity contribution in [2.24, 2.45) is 4.99 Å². The average molecular weight is 397 g/mol. The second-order valence-corrected chi connectivity index (χ2v) is 6.70. The molecule has 0 heterocycles. The van der Waals surface area contributed by atoms with Gasteiger partial charge in [0, 0.05) is 18.4 Å². The molecule has 0 amide bonds. The number of hydrogen-bond acceptors (Lipinski definition) is 2. The van der Waals surface area contributed by atoms with Crippen LogP contribution in [-0.4, -0.2) is 12.8 Å². The first kappa shape index (κ1) is 22.9. The van der Waals surface area contributed by atoms with Crippen LogP contribution in [0.15, 0.2) is 114 Å². The monoisotopic (exact) mass is 396 g/mol. The third kappa shape index (κ3) is 7.56. The van der Waals surface area contributed by atoms with Gasteiger partial charge in [0.05, 0.1) is 5.69 Å². The van der Waals surface area contributed by atoms with Crippen molar-refractivity contribution in [3.63, 3.8) is 0 Å². The van der Waals surface area contributed by atoms with Gasteiger partial charge in [-0.1, -0.05) is 93.3 Å². The minimum Gasteiger partial charge on any atom is -0.381 e. The summed E-state index contributed by atoms with van der Waals surface area (Å²) in [6.45, 7) is 12.5. The van der Waals surface area contributed by atoms with Gasteiger partial charge in [0.25, 0.3) is 0 Å². The van der Waals surface area contributed by atoms with Gasteiger partial charge in [0.1, 0.15) is 0 Å². The zero-order chi connectivity index (χ0) is 21.6. The van der Waals surface area contributed by atoms with Gasteiger partial charge in [-0.2, -0.15) is 0 Å². The summed E-state index contributed by atoms with van der Waals surface area (Å²) in [5.41, 5.74) is 6.71. The van der Waals surface area contributed by atoms with E-state index in [1.54, 1.807) is 12.3 Å². The van der Waals surface area contributed by atoms with Gasteiger partial charge in [-0.15, -0.1) is 0 Å². The summed E-state index contributed by atoms with van der Waals surface area (Å²) >= 11 is 0. The normalized spacial score (nSPS) is 12.9. The molecule has 2 aromatic rings.